The summed E-state index contributed by atoms with van der Waals surface area (Å²) >= 11 is 0. The largest absolute Gasteiger partial charge is 0.357 e. The van der Waals surface area contributed by atoms with E-state index in [0.29, 0.717) is 0 Å². The van der Waals surface area contributed by atoms with Gasteiger partial charge in [-0.3, -0.25) is 0 Å². The number of alkyl halides is 2. The average molecular weight is 250 g/mol. The zero-order valence-corrected chi connectivity index (χ0v) is 10.0. The van der Waals surface area contributed by atoms with Crippen LogP contribution in [0.4, 0.5) is 8.78 Å². The maximum atomic E-state index is 12.3. The second-order valence-electron chi connectivity index (χ2n) is 4.81. The Labute approximate surface area is 104 Å². The van der Waals surface area contributed by atoms with Crippen LogP contribution < -0.4 is 5.32 Å². The van der Waals surface area contributed by atoms with Crippen LogP contribution in [0.3, 0.4) is 0 Å². The van der Waals surface area contributed by atoms with Crippen molar-refractivity contribution in [3.8, 4) is 0 Å². The number of aromatic amines is 1. The lowest BCUT2D eigenvalue weighted by Gasteiger charge is -2.23. The quantitative estimate of drug-likeness (QED) is 0.858. The monoisotopic (exact) mass is 250 g/mol. The molecule has 0 bridgehead atoms. The highest BCUT2D eigenvalue weighted by Gasteiger charge is 2.24. The number of aromatic nitrogens is 1. The molecule has 2 aromatic rings. The molecule has 3 rings (SSSR count). The van der Waals surface area contributed by atoms with E-state index in [1.165, 1.54) is 10.9 Å². The minimum atomic E-state index is -2.29. The Hall–Kier alpha value is -1.42. The fourth-order valence-electron chi connectivity index (χ4n) is 2.85. The molecule has 0 saturated carbocycles. The molecular formula is C14H16F2N2. The molecule has 1 aliphatic rings. The Morgan fingerprint density at radius 3 is 3.00 bits per heavy atom. The van der Waals surface area contributed by atoms with E-state index in [2.05, 4.69) is 16.4 Å². The maximum absolute atomic E-state index is 12.3. The van der Waals surface area contributed by atoms with E-state index >= 15 is 0 Å². The lowest BCUT2D eigenvalue weighted by atomic mass is 9.92. The molecule has 96 valence electrons. The summed E-state index contributed by atoms with van der Waals surface area (Å²) in [4.78, 5) is 3.38. The molecule has 1 aliphatic carbocycles. The van der Waals surface area contributed by atoms with Crippen LogP contribution in [0.5, 0.6) is 0 Å². The van der Waals surface area contributed by atoms with Gasteiger partial charge in [0.15, 0.2) is 0 Å². The summed E-state index contributed by atoms with van der Waals surface area (Å²) in [6, 6.07) is 8.19. The van der Waals surface area contributed by atoms with Crippen LogP contribution in [-0.2, 0) is 6.42 Å². The van der Waals surface area contributed by atoms with Gasteiger partial charge in [0, 0.05) is 22.6 Å². The van der Waals surface area contributed by atoms with Gasteiger partial charge >= 0.3 is 0 Å². The first kappa shape index (κ1) is 11.7. The number of hydrogen-bond donors (Lipinski definition) is 2. The third-order valence-corrected chi connectivity index (χ3v) is 3.63. The number of hydrogen-bond acceptors (Lipinski definition) is 1. The lowest BCUT2D eigenvalue weighted by molar-refractivity contribution is 0.139. The second kappa shape index (κ2) is 4.69. The third-order valence-electron chi connectivity index (χ3n) is 3.63. The van der Waals surface area contributed by atoms with Crippen LogP contribution in [0.2, 0.25) is 0 Å². The summed E-state index contributed by atoms with van der Waals surface area (Å²) in [6.45, 7) is -0.237. The van der Waals surface area contributed by atoms with Gasteiger partial charge in [0.2, 0.25) is 0 Å². The molecule has 0 saturated heterocycles. The van der Waals surface area contributed by atoms with E-state index in [-0.39, 0.29) is 12.6 Å². The van der Waals surface area contributed by atoms with Gasteiger partial charge in [0.05, 0.1) is 6.54 Å². The molecule has 1 aromatic carbocycles. The van der Waals surface area contributed by atoms with Gasteiger partial charge < -0.3 is 10.3 Å². The van der Waals surface area contributed by atoms with Crippen LogP contribution >= 0.6 is 0 Å². The van der Waals surface area contributed by atoms with Crippen molar-refractivity contribution in [2.45, 2.75) is 31.7 Å². The molecule has 0 aliphatic heterocycles. The summed E-state index contributed by atoms with van der Waals surface area (Å²) in [7, 11) is 0. The van der Waals surface area contributed by atoms with Crippen LogP contribution in [0, 0.1) is 0 Å². The number of H-pyrrole nitrogens is 1. The Morgan fingerprint density at radius 2 is 2.17 bits per heavy atom. The van der Waals surface area contributed by atoms with Gasteiger partial charge in [-0.25, -0.2) is 8.78 Å². The van der Waals surface area contributed by atoms with E-state index in [0.717, 1.165) is 30.5 Å². The van der Waals surface area contributed by atoms with Crippen molar-refractivity contribution in [2.75, 3.05) is 6.54 Å². The molecule has 18 heavy (non-hydrogen) atoms. The summed E-state index contributed by atoms with van der Waals surface area (Å²) in [5, 5.41) is 4.19. The summed E-state index contributed by atoms with van der Waals surface area (Å²) in [5.74, 6) is 0. The molecule has 2 nitrogen and oxygen atoms in total. The highest BCUT2D eigenvalue weighted by atomic mass is 19.3. The summed E-state index contributed by atoms with van der Waals surface area (Å²) in [6.07, 6.45) is 0.717. The second-order valence-corrected chi connectivity index (χ2v) is 4.81. The molecular weight excluding hydrogens is 234 g/mol. The minimum absolute atomic E-state index is 0.0372. The standard InChI is InChI=1S/C14H16F2N2/c15-13(16)8-17-12-7-3-5-10-9-4-1-2-6-11(9)18-14(10)12/h1-2,4,6,12-13,17-18H,3,5,7-8H2. The van der Waals surface area contributed by atoms with Crippen molar-refractivity contribution in [3.63, 3.8) is 0 Å². The number of benzene rings is 1. The average Bonchev–Trinajstić information content (AvgIpc) is 2.75. The zero-order valence-electron chi connectivity index (χ0n) is 10.0. The van der Waals surface area contributed by atoms with Crippen molar-refractivity contribution < 1.29 is 8.78 Å². The molecule has 1 atom stereocenters. The molecule has 1 unspecified atom stereocenters. The number of nitrogens with one attached hydrogen (secondary N) is 2. The van der Waals surface area contributed by atoms with Gasteiger partial charge in [0.1, 0.15) is 0 Å². The van der Waals surface area contributed by atoms with E-state index < -0.39 is 6.43 Å². The Kier molecular flexibility index (Phi) is 3.04. The maximum Gasteiger partial charge on any atom is 0.250 e. The SMILES string of the molecule is FC(F)CNC1CCCc2c1[nH]c1ccccc21. The lowest BCUT2D eigenvalue weighted by Crippen LogP contribution is -2.29. The number of aryl methyl sites for hydroxylation is 1. The predicted octanol–water partition coefficient (Wildman–Crippen LogP) is 3.40. The number of rotatable bonds is 3. The van der Waals surface area contributed by atoms with E-state index in [1.54, 1.807) is 0 Å². The van der Waals surface area contributed by atoms with Crippen LogP contribution in [0.25, 0.3) is 10.9 Å². The molecule has 0 radical (unpaired) electrons. The van der Waals surface area contributed by atoms with Crippen molar-refractivity contribution in [3.05, 3.63) is 35.5 Å². The Morgan fingerprint density at radius 1 is 1.33 bits per heavy atom. The van der Waals surface area contributed by atoms with Crippen LogP contribution in [-0.4, -0.2) is 18.0 Å². The first-order valence-corrected chi connectivity index (χ1v) is 6.36. The highest BCUT2D eigenvalue weighted by molar-refractivity contribution is 5.85. The van der Waals surface area contributed by atoms with E-state index in [4.69, 9.17) is 0 Å². The van der Waals surface area contributed by atoms with Crippen molar-refractivity contribution in [1.29, 1.82) is 0 Å². The Balaban J connectivity index is 1.95. The van der Waals surface area contributed by atoms with E-state index in [1.807, 2.05) is 18.2 Å². The summed E-state index contributed by atoms with van der Waals surface area (Å²) < 4.78 is 24.6. The van der Waals surface area contributed by atoms with E-state index in [9.17, 15) is 8.78 Å². The molecule has 1 heterocycles. The fourth-order valence-corrected chi connectivity index (χ4v) is 2.85. The first-order valence-electron chi connectivity index (χ1n) is 6.36. The minimum Gasteiger partial charge on any atom is -0.357 e. The van der Waals surface area contributed by atoms with Gasteiger partial charge in [-0.05, 0) is 30.9 Å². The Bertz CT molecular complexity index is 548. The predicted molar refractivity (Wildman–Crippen MR) is 68.0 cm³/mol. The van der Waals surface area contributed by atoms with Crippen molar-refractivity contribution >= 4 is 10.9 Å². The number of halogens is 2. The van der Waals surface area contributed by atoms with Gasteiger partial charge in [-0.2, -0.15) is 0 Å². The van der Waals surface area contributed by atoms with Crippen LogP contribution in [0.15, 0.2) is 24.3 Å². The normalized spacial score (nSPS) is 19.4. The molecule has 0 fully saturated rings. The van der Waals surface area contributed by atoms with Crippen molar-refractivity contribution in [2.24, 2.45) is 0 Å². The third kappa shape index (κ3) is 2.01. The van der Waals surface area contributed by atoms with Gasteiger partial charge in [0.25, 0.3) is 6.43 Å². The van der Waals surface area contributed by atoms with Gasteiger partial charge in [-0.1, -0.05) is 18.2 Å². The molecule has 1 aromatic heterocycles. The number of fused-ring (bicyclic) bond motifs is 3. The molecule has 2 N–H and O–H groups in total. The smallest absolute Gasteiger partial charge is 0.250 e. The van der Waals surface area contributed by atoms with Gasteiger partial charge in [-0.15, -0.1) is 0 Å². The fraction of sp³-hybridized carbons (Fsp3) is 0.429. The highest BCUT2D eigenvalue weighted by Crippen LogP contribution is 2.34. The zero-order chi connectivity index (χ0) is 12.5. The van der Waals surface area contributed by atoms with Crippen LogP contribution in [0.1, 0.15) is 30.1 Å². The number of para-hydroxylation sites is 1. The molecule has 4 heteroatoms. The molecule has 0 amide bonds. The topological polar surface area (TPSA) is 27.8 Å². The molecule has 0 spiro atoms. The first-order chi connectivity index (χ1) is 8.75. The van der Waals surface area contributed by atoms with Crippen molar-refractivity contribution in [1.82, 2.24) is 10.3 Å². The summed E-state index contributed by atoms with van der Waals surface area (Å²) in [5.41, 5.74) is 3.50.